The monoisotopic (exact) mass is 304 g/mol. The van der Waals surface area contributed by atoms with Crippen LogP contribution < -0.4 is 4.72 Å². The highest BCUT2D eigenvalue weighted by Gasteiger charge is 2.18. The highest BCUT2D eigenvalue weighted by atomic mass is 32.2. The maximum atomic E-state index is 12.0. The number of aliphatic hydroxyl groups excluding tert-OH is 1. The predicted octanol–water partition coefficient (Wildman–Crippen LogP) is 2.11. The highest BCUT2D eigenvalue weighted by molar-refractivity contribution is 7.94. The van der Waals surface area contributed by atoms with Gasteiger partial charge in [0.2, 0.25) is 0 Å². The first kappa shape index (κ1) is 13.5. The summed E-state index contributed by atoms with van der Waals surface area (Å²) in [5.41, 5.74) is 1.41. The molecule has 0 aliphatic heterocycles. The second-order valence-corrected chi connectivity index (χ2v) is 7.72. The van der Waals surface area contributed by atoms with Crippen molar-refractivity contribution in [3.63, 3.8) is 0 Å². The minimum Gasteiger partial charge on any atom is -0.392 e. The first-order valence-corrected chi connectivity index (χ1v) is 8.25. The van der Waals surface area contributed by atoms with E-state index in [0.717, 1.165) is 21.9 Å². The third-order valence-electron chi connectivity index (χ3n) is 2.33. The number of hydrogen-bond donors (Lipinski definition) is 2. The van der Waals surface area contributed by atoms with Gasteiger partial charge in [-0.1, -0.05) is 0 Å². The van der Waals surface area contributed by atoms with Crippen molar-refractivity contribution < 1.29 is 13.5 Å². The first-order chi connectivity index (χ1) is 8.42. The van der Waals surface area contributed by atoms with Gasteiger partial charge in [-0.15, -0.1) is 22.7 Å². The van der Waals surface area contributed by atoms with Crippen molar-refractivity contribution in [1.82, 2.24) is 4.98 Å². The summed E-state index contributed by atoms with van der Waals surface area (Å²) in [6.07, 6.45) is 0. The van der Waals surface area contributed by atoms with Crippen LogP contribution >= 0.6 is 22.7 Å². The van der Waals surface area contributed by atoms with Gasteiger partial charge in [0.1, 0.15) is 4.21 Å². The van der Waals surface area contributed by atoms with Gasteiger partial charge in [0.15, 0.2) is 5.13 Å². The normalized spacial score (nSPS) is 11.7. The molecule has 0 unspecified atom stereocenters. The van der Waals surface area contributed by atoms with E-state index in [1.54, 1.807) is 5.38 Å². The smallest absolute Gasteiger partial charge is 0.273 e. The predicted molar refractivity (Wildman–Crippen MR) is 72.6 cm³/mol. The van der Waals surface area contributed by atoms with E-state index >= 15 is 0 Å². The molecule has 0 atom stereocenters. The minimum absolute atomic E-state index is 0.165. The van der Waals surface area contributed by atoms with Crippen LogP contribution in [0, 0.1) is 13.8 Å². The van der Waals surface area contributed by atoms with E-state index < -0.39 is 10.0 Å². The van der Waals surface area contributed by atoms with Crippen LogP contribution in [0.4, 0.5) is 5.13 Å². The van der Waals surface area contributed by atoms with E-state index in [9.17, 15) is 8.42 Å². The Morgan fingerprint density at radius 2 is 2.17 bits per heavy atom. The average molecular weight is 304 g/mol. The quantitative estimate of drug-likeness (QED) is 0.906. The van der Waals surface area contributed by atoms with Crippen LogP contribution in [0.5, 0.6) is 0 Å². The molecule has 0 spiro atoms. The topological polar surface area (TPSA) is 79.3 Å². The molecule has 0 saturated carbocycles. The first-order valence-electron chi connectivity index (χ1n) is 5.07. The van der Waals surface area contributed by atoms with Gasteiger partial charge >= 0.3 is 0 Å². The lowest BCUT2D eigenvalue weighted by atomic mass is 10.4. The standard InChI is InChI=1S/C10H12N2O3S3/c1-6-7(2)17-10(11-6)12-18(14,15)9-3-8(4-13)5-16-9/h3,5,13H,4H2,1-2H3,(H,11,12). The molecule has 0 aliphatic rings. The summed E-state index contributed by atoms with van der Waals surface area (Å²) in [5, 5.41) is 10.9. The summed E-state index contributed by atoms with van der Waals surface area (Å²) in [5.74, 6) is 0. The van der Waals surface area contributed by atoms with E-state index in [1.807, 2.05) is 13.8 Å². The van der Waals surface area contributed by atoms with E-state index in [4.69, 9.17) is 5.11 Å². The van der Waals surface area contributed by atoms with Crippen LogP contribution in [-0.4, -0.2) is 18.5 Å². The van der Waals surface area contributed by atoms with Crippen molar-refractivity contribution >= 4 is 37.8 Å². The van der Waals surface area contributed by atoms with Gasteiger partial charge in [-0.3, -0.25) is 4.72 Å². The molecule has 18 heavy (non-hydrogen) atoms. The van der Waals surface area contributed by atoms with E-state index in [2.05, 4.69) is 9.71 Å². The lowest BCUT2D eigenvalue weighted by Crippen LogP contribution is -2.11. The van der Waals surface area contributed by atoms with Crippen LogP contribution in [0.2, 0.25) is 0 Å². The Bertz CT molecular complexity index is 638. The van der Waals surface area contributed by atoms with Gasteiger partial charge in [-0.25, -0.2) is 13.4 Å². The van der Waals surface area contributed by atoms with Crippen LogP contribution in [0.25, 0.3) is 0 Å². The molecule has 2 aromatic rings. The van der Waals surface area contributed by atoms with Gasteiger partial charge in [-0.2, -0.15) is 0 Å². The molecule has 8 heteroatoms. The molecule has 0 aromatic carbocycles. The molecule has 0 radical (unpaired) electrons. The van der Waals surface area contributed by atoms with Crippen molar-refractivity contribution in [3.05, 3.63) is 27.6 Å². The third kappa shape index (κ3) is 2.72. The number of nitrogens with zero attached hydrogens (tertiary/aromatic N) is 1. The number of aliphatic hydroxyl groups is 1. The Hall–Kier alpha value is -0.960. The van der Waals surface area contributed by atoms with Crippen LogP contribution in [0.1, 0.15) is 16.1 Å². The summed E-state index contributed by atoms with van der Waals surface area (Å²) < 4.78 is 26.7. The summed E-state index contributed by atoms with van der Waals surface area (Å²) in [4.78, 5) is 5.11. The minimum atomic E-state index is -3.60. The Balaban J connectivity index is 2.26. The molecule has 2 heterocycles. The highest BCUT2D eigenvalue weighted by Crippen LogP contribution is 2.26. The van der Waals surface area contributed by atoms with Gasteiger partial charge < -0.3 is 5.11 Å². The molecule has 0 saturated heterocycles. The zero-order valence-electron chi connectivity index (χ0n) is 9.80. The van der Waals surface area contributed by atoms with Crippen molar-refractivity contribution in [2.45, 2.75) is 24.7 Å². The lowest BCUT2D eigenvalue weighted by molar-refractivity contribution is 0.282. The molecule has 0 amide bonds. The van der Waals surface area contributed by atoms with Crippen molar-refractivity contribution in [1.29, 1.82) is 0 Å². The maximum absolute atomic E-state index is 12.0. The number of aryl methyl sites for hydroxylation is 2. The maximum Gasteiger partial charge on any atom is 0.273 e. The molecule has 2 aromatic heterocycles. The summed E-state index contributed by atoms with van der Waals surface area (Å²) in [6.45, 7) is 3.56. The number of aromatic nitrogens is 1. The Morgan fingerprint density at radius 1 is 1.44 bits per heavy atom. The number of thiazole rings is 1. The van der Waals surface area contributed by atoms with Gasteiger partial charge in [-0.05, 0) is 30.9 Å². The molecule has 0 fully saturated rings. The summed E-state index contributed by atoms with van der Waals surface area (Å²) in [7, 11) is -3.60. The average Bonchev–Trinajstić information content (AvgIpc) is 2.86. The second kappa shape index (κ2) is 4.96. The summed E-state index contributed by atoms with van der Waals surface area (Å²) >= 11 is 2.38. The number of thiophene rings is 1. The molecule has 0 bridgehead atoms. The fraction of sp³-hybridized carbons (Fsp3) is 0.300. The van der Waals surface area contributed by atoms with Crippen molar-refractivity contribution in [2.24, 2.45) is 0 Å². The van der Waals surface area contributed by atoms with Gasteiger partial charge in [0.25, 0.3) is 10.0 Å². The zero-order chi connectivity index (χ0) is 13.3. The molecule has 2 N–H and O–H groups in total. The van der Waals surface area contributed by atoms with Gasteiger partial charge in [0, 0.05) is 4.88 Å². The molecule has 2 rings (SSSR count). The van der Waals surface area contributed by atoms with E-state index in [1.165, 1.54) is 17.4 Å². The van der Waals surface area contributed by atoms with Crippen molar-refractivity contribution in [3.8, 4) is 0 Å². The Morgan fingerprint density at radius 3 is 2.67 bits per heavy atom. The number of rotatable bonds is 4. The number of hydrogen-bond acceptors (Lipinski definition) is 6. The molecule has 98 valence electrons. The van der Waals surface area contributed by atoms with Gasteiger partial charge in [0.05, 0.1) is 12.3 Å². The Kier molecular flexibility index (Phi) is 3.71. The fourth-order valence-corrected chi connectivity index (χ4v) is 4.51. The lowest BCUT2D eigenvalue weighted by Gasteiger charge is -2.01. The van der Waals surface area contributed by atoms with E-state index in [-0.39, 0.29) is 10.8 Å². The second-order valence-electron chi connectivity index (χ2n) is 3.70. The van der Waals surface area contributed by atoms with Crippen LogP contribution in [0.3, 0.4) is 0 Å². The molecule has 5 nitrogen and oxygen atoms in total. The largest absolute Gasteiger partial charge is 0.392 e. The SMILES string of the molecule is Cc1nc(NS(=O)(=O)c2cc(CO)cs2)sc1C. The zero-order valence-corrected chi connectivity index (χ0v) is 12.2. The van der Waals surface area contributed by atoms with Crippen LogP contribution in [0.15, 0.2) is 15.7 Å². The van der Waals surface area contributed by atoms with Crippen LogP contribution in [-0.2, 0) is 16.6 Å². The molecular formula is C10H12N2O3S3. The Labute approximate surface area is 113 Å². The number of sulfonamides is 1. The number of anilines is 1. The van der Waals surface area contributed by atoms with Crippen molar-refractivity contribution in [2.75, 3.05) is 4.72 Å². The molecular weight excluding hydrogens is 292 g/mol. The van der Waals surface area contributed by atoms with E-state index in [0.29, 0.717) is 10.7 Å². The fourth-order valence-electron chi connectivity index (χ4n) is 1.26. The summed E-state index contributed by atoms with van der Waals surface area (Å²) in [6, 6.07) is 1.46. The third-order valence-corrected chi connectivity index (χ3v) is 6.27. The number of nitrogens with one attached hydrogen (secondary N) is 1. The molecule has 0 aliphatic carbocycles.